The lowest BCUT2D eigenvalue weighted by Gasteiger charge is -2.11. The highest BCUT2D eigenvalue weighted by atomic mass is 19.1. The van der Waals surface area contributed by atoms with Gasteiger partial charge in [-0.25, -0.2) is 4.39 Å². The highest BCUT2D eigenvalue weighted by molar-refractivity contribution is 5.22. The quantitative estimate of drug-likeness (QED) is 0.737. The first kappa shape index (κ1) is 10.7. The molecule has 1 aromatic rings. The van der Waals surface area contributed by atoms with Crippen molar-refractivity contribution in [1.29, 1.82) is 0 Å². The molecule has 0 fully saturated rings. The molecule has 1 rings (SSSR count). The lowest BCUT2D eigenvalue weighted by molar-refractivity contribution is 0.597. The molecule has 0 aliphatic heterocycles. The molecule has 0 spiro atoms. The van der Waals surface area contributed by atoms with Crippen LogP contribution >= 0.6 is 0 Å². The molecule has 1 atom stereocenters. The molecule has 1 aromatic heterocycles. The fourth-order valence-electron chi connectivity index (χ4n) is 1.15. The predicted molar refractivity (Wildman–Crippen MR) is 54.1 cm³/mol. The first-order chi connectivity index (χ1) is 6.77. The maximum absolute atomic E-state index is 12.8. The third-order valence-corrected chi connectivity index (χ3v) is 1.82. The van der Waals surface area contributed by atoms with Gasteiger partial charge in [-0.2, -0.15) is 0 Å². The standard InChI is InChI=1S/C11H13FN2/c1-3-5-14-11(4-2)9-6-10(12)8-13-7-9/h2,6-8,11,14H,3,5H2,1H3. The highest BCUT2D eigenvalue weighted by Gasteiger charge is 2.07. The lowest BCUT2D eigenvalue weighted by Crippen LogP contribution is -2.20. The average molecular weight is 192 g/mol. The van der Waals surface area contributed by atoms with Crippen molar-refractivity contribution in [3.8, 4) is 12.3 Å². The Morgan fingerprint density at radius 1 is 1.64 bits per heavy atom. The molecule has 0 aromatic carbocycles. The molecule has 1 N–H and O–H groups in total. The second kappa shape index (κ2) is 5.36. The van der Waals surface area contributed by atoms with Crippen LogP contribution in [0.15, 0.2) is 18.5 Å². The molecular weight excluding hydrogens is 179 g/mol. The van der Waals surface area contributed by atoms with Gasteiger partial charge >= 0.3 is 0 Å². The number of halogens is 1. The molecule has 0 amide bonds. The summed E-state index contributed by atoms with van der Waals surface area (Å²) in [6, 6.07) is 1.15. The maximum Gasteiger partial charge on any atom is 0.141 e. The third-order valence-electron chi connectivity index (χ3n) is 1.82. The molecule has 1 unspecified atom stereocenters. The largest absolute Gasteiger partial charge is 0.300 e. The smallest absolute Gasteiger partial charge is 0.141 e. The van der Waals surface area contributed by atoms with Gasteiger partial charge < -0.3 is 0 Å². The van der Waals surface area contributed by atoms with E-state index in [4.69, 9.17) is 6.42 Å². The van der Waals surface area contributed by atoms with Crippen molar-refractivity contribution in [2.24, 2.45) is 0 Å². The van der Waals surface area contributed by atoms with E-state index in [1.165, 1.54) is 6.07 Å². The summed E-state index contributed by atoms with van der Waals surface area (Å²) in [5, 5.41) is 3.12. The topological polar surface area (TPSA) is 24.9 Å². The Labute approximate surface area is 83.6 Å². The molecule has 2 nitrogen and oxygen atoms in total. The van der Waals surface area contributed by atoms with E-state index >= 15 is 0 Å². The molecule has 3 heteroatoms. The Morgan fingerprint density at radius 2 is 2.43 bits per heavy atom. The van der Waals surface area contributed by atoms with Crippen LogP contribution in [0.3, 0.4) is 0 Å². The van der Waals surface area contributed by atoms with Gasteiger partial charge in [0.15, 0.2) is 0 Å². The zero-order valence-corrected chi connectivity index (χ0v) is 8.13. The fraction of sp³-hybridized carbons (Fsp3) is 0.364. The van der Waals surface area contributed by atoms with E-state index in [-0.39, 0.29) is 11.9 Å². The molecule has 14 heavy (non-hydrogen) atoms. The summed E-state index contributed by atoms with van der Waals surface area (Å²) in [5.74, 6) is 2.20. The van der Waals surface area contributed by atoms with Crippen LogP contribution in [0.25, 0.3) is 0 Å². The van der Waals surface area contributed by atoms with E-state index in [1.54, 1.807) is 6.20 Å². The number of nitrogens with zero attached hydrogens (tertiary/aromatic N) is 1. The second-order valence-electron chi connectivity index (χ2n) is 2.99. The number of hydrogen-bond acceptors (Lipinski definition) is 2. The van der Waals surface area contributed by atoms with E-state index in [1.807, 2.05) is 6.92 Å². The fourth-order valence-corrected chi connectivity index (χ4v) is 1.15. The van der Waals surface area contributed by atoms with Crippen LogP contribution in [-0.4, -0.2) is 11.5 Å². The zero-order chi connectivity index (χ0) is 10.4. The van der Waals surface area contributed by atoms with Gasteiger partial charge in [0, 0.05) is 11.8 Å². The molecule has 0 saturated heterocycles. The second-order valence-corrected chi connectivity index (χ2v) is 2.99. The summed E-state index contributed by atoms with van der Waals surface area (Å²) in [4.78, 5) is 3.75. The molecule has 0 aliphatic carbocycles. The van der Waals surface area contributed by atoms with Crippen molar-refractivity contribution >= 4 is 0 Å². The summed E-state index contributed by atoms with van der Waals surface area (Å²) >= 11 is 0. The normalized spacial score (nSPS) is 12.1. The number of pyridine rings is 1. The summed E-state index contributed by atoms with van der Waals surface area (Å²) < 4.78 is 12.8. The van der Waals surface area contributed by atoms with Crippen LogP contribution in [0.2, 0.25) is 0 Å². The average Bonchev–Trinajstić information content (AvgIpc) is 2.19. The van der Waals surface area contributed by atoms with Crippen LogP contribution in [-0.2, 0) is 0 Å². The summed E-state index contributed by atoms with van der Waals surface area (Å²) in [6.45, 7) is 2.86. The zero-order valence-electron chi connectivity index (χ0n) is 8.13. The van der Waals surface area contributed by atoms with Crippen molar-refractivity contribution in [1.82, 2.24) is 10.3 Å². The summed E-state index contributed by atoms with van der Waals surface area (Å²) in [7, 11) is 0. The van der Waals surface area contributed by atoms with Crippen molar-refractivity contribution in [2.45, 2.75) is 19.4 Å². The molecule has 74 valence electrons. The van der Waals surface area contributed by atoms with Gasteiger partial charge in [0.25, 0.3) is 0 Å². The molecule has 0 saturated carbocycles. The van der Waals surface area contributed by atoms with E-state index in [0.717, 1.165) is 19.2 Å². The van der Waals surface area contributed by atoms with Gasteiger partial charge in [0.1, 0.15) is 5.82 Å². The van der Waals surface area contributed by atoms with Gasteiger partial charge in [-0.1, -0.05) is 12.8 Å². The van der Waals surface area contributed by atoms with E-state index in [9.17, 15) is 4.39 Å². The van der Waals surface area contributed by atoms with E-state index in [0.29, 0.717) is 5.56 Å². The number of nitrogens with one attached hydrogen (secondary N) is 1. The predicted octanol–water partition coefficient (Wildman–Crippen LogP) is 1.89. The number of hydrogen-bond donors (Lipinski definition) is 1. The minimum absolute atomic E-state index is 0.252. The first-order valence-corrected chi connectivity index (χ1v) is 4.58. The minimum atomic E-state index is -0.360. The Balaban J connectivity index is 2.75. The Bertz CT molecular complexity index is 330. The van der Waals surface area contributed by atoms with Crippen molar-refractivity contribution in [2.75, 3.05) is 6.54 Å². The van der Waals surface area contributed by atoms with E-state index < -0.39 is 0 Å². The number of rotatable bonds is 4. The lowest BCUT2D eigenvalue weighted by atomic mass is 10.1. The molecule has 0 radical (unpaired) electrons. The number of terminal acetylenes is 1. The van der Waals surface area contributed by atoms with Crippen LogP contribution in [0.5, 0.6) is 0 Å². The first-order valence-electron chi connectivity index (χ1n) is 4.58. The van der Waals surface area contributed by atoms with Gasteiger partial charge in [0.2, 0.25) is 0 Å². The van der Waals surface area contributed by atoms with Crippen LogP contribution < -0.4 is 5.32 Å². The Hall–Kier alpha value is -1.40. The minimum Gasteiger partial charge on any atom is -0.300 e. The summed E-state index contributed by atoms with van der Waals surface area (Å²) in [6.07, 6.45) is 9.06. The molecule has 0 aliphatic rings. The van der Waals surface area contributed by atoms with Crippen LogP contribution in [0, 0.1) is 18.2 Å². The monoisotopic (exact) mass is 192 g/mol. The molecule has 0 bridgehead atoms. The van der Waals surface area contributed by atoms with Gasteiger partial charge in [-0.3, -0.25) is 10.3 Å². The summed E-state index contributed by atoms with van der Waals surface area (Å²) in [5.41, 5.74) is 0.695. The Morgan fingerprint density at radius 3 is 3.00 bits per heavy atom. The van der Waals surface area contributed by atoms with Gasteiger partial charge in [-0.05, 0) is 19.0 Å². The Kier molecular flexibility index (Phi) is 4.09. The van der Waals surface area contributed by atoms with E-state index in [2.05, 4.69) is 16.2 Å². The van der Waals surface area contributed by atoms with Crippen molar-refractivity contribution in [3.63, 3.8) is 0 Å². The van der Waals surface area contributed by atoms with Crippen LogP contribution in [0.1, 0.15) is 24.9 Å². The maximum atomic E-state index is 12.8. The third kappa shape index (κ3) is 2.82. The van der Waals surface area contributed by atoms with Crippen molar-refractivity contribution < 1.29 is 4.39 Å². The van der Waals surface area contributed by atoms with Crippen LogP contribution in [0.4, 0.5) is 4.39 Å². The van der Waals surface area contributed by atoms with Crippen molar-refractivity contribution in [3.05, 3.63) is 29.8 Å². The SMILES string of the molecule is C#CC(NCCC)c1cncc(F)c1. The van der Waals surface area contributed by atoms with Gasteiger partial charge in [-0.15, -0.1) is 6.42 Å². The van der Waals surface area contributed by atoms with Gasteiger partial charge in [0.05, 0.1) is 12.2 Å². The highest BCUT2D eigenvalue weighted by Crippen LogP contribution is 2.11. The molecular formula is C11H13FN2. The molecule has 1 heterocycles. The number of aromatic nitrogens is 1.